The van der Waals surface area contributed by atoms with E-state index in [4.69, 9.17) is 5.14 Å². The molecule has 0 fully saturated rings. The first kappa shape index (κ1) is 24.4. The lowest BCUT2D eigenvalue weighted by Gasteiger charge is -2.12. The molecule has 4 N–H and O–H groups in total. The Bertz CT molecular complexity index is 877. The van der Waals surface area contributed by atoms with E-state index in [1.54, 1.807) is 12.1 Å². The number of nitrogens with one attached hydrogen (secondary N) is 2. The van der Waals surface area contributed by atoms with Gasteiger partial charge in [0.05, 0.1) is 11.4 Å². The molecule has 0 bridgehead atoms. The van der Waals surface area contributed by atoms with Crippen molar-refractivity contribution in [1.29, 1.82) is 0 Å². The lowest BCUT2D eigenvalue weighted by Crippen LogP contribution is -2.38. The summed E-state index contributed by atoms with van der Waals surface area (Å²) >= 11 is 0. The molecule has 0 aliphatic rings. The summed E-state index contributed by atoms with van der Waals surface area (Å²) in [7, 11) is -3.66. The van der Waals surface area contributed by atoms with Gasteiger partial charge in [-0.15, -0.1) is 24.0 Å². The fraction of sp³-hybridized carbons (Fsp3) is 0.350. The minimum atomic E-state index is -3.66. The summed E-state index contributed by atoms with van der Waals surface area (Å²) in [5.41, 5.74) is 4.75. The maximum absolute atomic E-state index is 11.3. The summed E-state index contributed by atoms with van der Waals surface area (Å²) in [5, 5.41) is 11.7. The van der Waals surface area contributed by atoms with Gasteiger partial charge in [-0.1, -0.05) is 41.5 Å². The number of primary sulfonamides is 1. The lowest BCUT2D eigenvalue weighted by molar-refractivity contribution is 0.598. The van der Waals surface area contributed by atoms with Crippen LogP contribution in [0.2, 0.25) is 0 Å². The van der Waals surface area contributed by atoms with Gasteiger partial charge in [-0.3, -0.25) is 0 Å². The average molecular weight is 516 g/mol. The third kappa shape index (κ3) is 8.15. The number of sulfonamides is 1. The second kappa shape index (κ2) is 11.4. The molecule has 2 rings (SSSR count). The summed E-state index contributed by atoms with van der Waals surface area (Å²) in [6, 6.07) is 13.0. The van der Waals surface area contributed by atoms with Crippen LogP contribution in [0, 0.1) is 13.8 Å². The normalized spacial score (nSPS) is 11.6. The van der Waals surface area contributed by atoms with Crippen molar-refractivity contribution in [3.63, 3.8) is 0 Å². The van der Waals surface area contributed by atoms with Crippen LogP contribution >= 0.6 is 24.0 Å². The molecule has 0 atom stereocenters. The Morgan fingerprint density at radius 3 is 2.14 bits per heavy atom. The van der Waals surface area contributed by atoms with Crippen LogP contribution in [-0.4, -0.2) is 27.5 Å². The van der Waals surface area contributed by atoms with Crippen LogP contribution < -0.4 is 15.8 Å². The van der Waals surface area contributed by atoms with Gasteiger partial charge >= 0.3 is 0 Å². The zero-order valence-corrected chi connectivity index (χ0v) is 19.7. The van der Waals surface area contributed by atoms with Crippen molar-refractivity contribution in [2.24, 2.45) is 10.1 Å². The molecule has 2 aromatic rings. The highest BCUT2D eigenvalue weighted by Gasteiger charge is 2.06. The van der Waals surface area contributed by atoms with Gasteiger partial charge in [0.1, 0.15) is 0 Å². The maximum Gasteiger partial charge on any atom is 0.238 e. The van der Waals surface area contributed by atoms with Gasteiger partial charge in [0.25, 0.3) is 0 Å². The molecule has 154 valence electrons. The molecule has 0 aromatic heterocycles. The smallest absolute Gasteiger partial charge is 0.238 e. The number of benzene rings is 2. The molecule has 0 amide bonds. The summed E-state index contributed by atoms with van der Waals surface area (Å²) in [4.78, 5) is 4.66. The van der Waals surface area contributed by atoms with Crippen molar-refractivity contribution < 1.29 is 8.42 Å². The van der Waals surface area contributed by atoms with Gasteiger partial charge in [0.15, 0.2) is 5.96 Å². The summed E-state index contributed by atoms with van der Waals surface area (Å²) in [5.74, 6) is 0.734. The van der Waals surface area contributed by atoms with Crippen LogP contribution in [-0.2, 0) is 23.0 Å². The van der Waals surface area contributed by atoms with Crippen molar-refractivity contribution in [1.82, 2.24) is 10.6 Å². The molecular formula is C20H29IN4O2S. The first-order chi connectivity index (χ1) is 12.8. The van der Waals surface area contributed by atoms with Crippen molar-refractivity contribution in [3.8, 4) is 0 Å². The van der Waals surface area contributed by atoms with Crippen molar-refractivity contribution >= 4 is 40.0 Å². The number of hydrogen-bond donors (Lipinski definition) is 3. The molecule has 0 saturated heterocycles. The zero-order valence-electron chi connectivity index (χ0n) is 16.5. The Morgan fingerprint density at radius 2 is 1.61 bits per heavy atom. The molecule has 0 heterocycles. The number of aryl methyl sites for hydroxylation is 2. The lowest BCUT2D eigenvalue weighted by atomic mass is 10.1. The molecule has 0 unspecified atom stereocenters. The fourth-order valence-electron chi connectivity index (χ4n) is 2.84. The Balaban J connectivity index is 0.00000392. The minimum Gasteiger partial charge on any atom is -0.357 e. The number of nitrogens with two attached hydrogens (primary N) is 1. The maximum atomic E-state index is 11.3. The van der Waals surface area contributed by atoms with E-state index in [2.05, 4.69) is 47.7 Å². The van der Waals surface area contributed by atoms with E-state index in [0.717, 1.165) is 31.0 Å². The molecule has 2 aromatic carbocycles. The number of nitrogens with zero attached hydrogens (tertiary/aromatic N) is 1. The molecule has 0 radical (unpaired) electrons. The average Bonchev–Trinajstić information content (AvgIpc) is 2.58. The number of halogens is 1. The molecule has 28 heavy (non-hydrogen) atoms. The third-order valence-electron chi connectivity index (χ3n) is 4.00. The monoisotopic (exact) mass is 516 g/mol. The first-order valence-electron chi connectivity index (χ1n) is 8.99. The van der Waals surface area contributed by atoms with Gasteiger partial charge in [0.2, 0.25) is 10.0 Å². The van der Waals surface area contributed by atoms with E-state index >= 15 is 0 Å². The molecule has 6 nitrogen and oxygen atoms in total. The zero-order chi connectivity index (χ0) is 19.9. The van der Waals surface area contributed by atoms with Crippen LogP contribution in [0.4, 0.5) is 0 Å². The van der Waals surface area contributed by atoms with Gasteiger partial charge < -0.3 is 10.6 Å². The Morgan fingerprint density at radius 1 is 1.00 bits per heavy atom. The Kier molecular flexibility index (Phi) is 9.91. The van der Waals surface area contributed by atoms with Crippen molar-refractivity contribution in [3.05, 3.63) is 64.7 Å². The van der Waals surface area contributed by atoms with Crippen LogP contribution in [0.25, 0.3) is 0 Å². The number of hydrogen-bond acceptors (Lipinski definition) is 3. The highest BCUT2D eigenvalue weighted by Crippen LogP contribution is 2.10. The minimum absolute atomic E-state index is 0. The quantitative estimate of drug-likeness (QED) is 0.300. The highest BCUT2D eigenvalue weighted by atomic mass is 127. The van der Waals surface area contributed by atoms with Crippen LogP contribution in [0.15, 0.2) is 52.4 Å². The third-order valence-corrected chi connectivity index (χ3v) is 4.93. The predicted octanol–water partition coefficient (Wildman–Crippen LogP) is 2.87. The van der Waals surface area contributed by atoms with Crippen molar-refractivity contribution in [2.45, 2.75) is 38.6 Å². The predicted molar refractivity (Wildman–Crippen MR) is 126 cm³/mol. The molecule has 0 saturated carbocycles. The number of rotatable bonds is 7. The molecular weight excluding hydrogens is 487 g/mol. The van der Waals surface area contributed by atoms with Crippen LogP contribution in [0.1, 0.15) is 29.2 Å². The van der Waals surface area contributed by atoms with Gasteiger partial charge in [0, 0.05) is 13.1 Å². The molecule has 0 aliphatic carbocycles. The van der Waals surface area contributed by atoms with E-state index in [1.165, 1.54) is 28.8 Å². The second-order valence-corrected chi connectivity index (χ2v) is 8.12. The van der Waals surface area contributed by atoms with Gasteiger partial charge in [-0.25, -0.2) is 18.5 Å². The number of aliphatic imine (C=N–C) groups is 1. The largest absolute Gasteiger partial charge is 0.357 e. The van der Waals surface area contributed by atoms with Crippen LogP contribution in [0.3, 0.4) is 0 Å². The topological polar surface area (TPSA) is 96.6 Å². The van der Waals surface area contributed by atoms with Gasteiger partial charge in [-0.2, -0.15) is 0 Å². The Hall–Kier alpha value is -1.65. The van der Waals surface area contributed by atoms with E-state index in [-0.39, 0.29) is 28.9 Å². The highest BCUT2D eigenvalue weighted by molar-refractivity contribution is 14.0. The summed E-state index contributed by atoms with van der Waals surface area (Å²) in [6.07, 6.45) is 0.913. The summed E-state index contributed by atoms with van der Waals surface area (Å²) < 4.78 is 22.6. The standard InChI is InChI=1S/C20H28N4O2S.HI/c1-4-22-20(23-10-9-18-12-15(2)11-16(3)13-18)24-14-17-5-7-19(8-6-17)27(21,25)26;/h5-8,11-13H,4,9-10,14H2,1-3H3,(H2,21,25,26)(H2,22,23,24);1H. The van der Waals surface area contributed by atoms with E-state index < -0.39 is 10.0 Å². The SMILES string of the molecule is CCNC(=NCc1ccc(S(N)(=O)=O)cc1)NCCc1cc(C)cc(C)c1.I. The van der Waals surface area contributed by atoms with E-state index in [1.807, 2.05) is 6.92 Å². The Labute approximate surface area is 185 Å². The molecule has 0 aliphatic heterocycles. The fourth-order valence-corrected chi connectivity index (χ4v) is 3.35. The van der Waals surface area contributed by atoms with Gasteiger partial charge in [-0.05, 0) is 50.5 Å². The second-order valence-electron chi connectivity index (χ2n) is 6.56. The molecule has 8 heteroatoms. The number of guanidine groups is 1. The van der Waals surface area contributed by atoms with E-state index in [9.17, 15) is 8.42 Å². The summed E-state index contributed by atoms with van der Waals surface area (Å²) in [6.45, 7) is 8.22. The van der Waals surface area contributed by atoms with Crippen LogP contribution in [0.5, 0.6) is 0 Å². The van der Waals surface area contributed by atoms with Crippen molar-refractivity contribution in [2.75, 3.05) is 13.1 Å². The molecule has 0 spiro atoms. The first-order valence-corrected chi connectivity index (χ1v) is 10.5. The van der Waals surface area contributed by atoms with E-state index in [0.29, 0.717) is 6.54 Å².